The van der Waals surface area contributed by atoms with Gasteiger partial charge in [-0.1, -0.05) is 25.3 Å². The number of rotatable bonds is 7. The molecule has 0 unspecified atom stereocenters. The second kappa shape index (κ2) is 8.48. The van der Waals surface area contributed by atoms with Crippen molar-refractivity contribution in [2.45, 2.75) is 38.6 Å². The van der Waals surface area contributed by atoms with Gasteiger partial charge in [-0.15, -0.1) is 0 Å². The molecule has 0 radical (unpaired) electrons. The number of nitrogens with one attached hydrogen (secondary N) is 1. The highest BCUT2D eigenvalue weighted by molar-refractivity contribution is 7.89. The van der Waals surface area contributed by atoms with Gasteiger partial charge in [-0.25, -0.2) is 17.9 Å². The number of carbonyl (C=O) groups excluding carboxylic acids is 1. The molecule has 7 heteroatoms. The van der Waals surface area contributed by atoms with Crippen LogP contribution >= 0.6 is 0 Å². The molecule has 0 saturated heterocycles. The largest absolute Gasteiger partial charge is 0.496 e. The van der Waals surface area contributed by atoms with E-state index in [4.69, 9.17) is 9.47 Å². The second-order valence-corrected chi connectivity index (χ2v) is 7.98. The van der Waals surface area contributed by atoms with Crippen LogP contribution in [0, 0.1) is 5.92 Å². The Hall–Kier alpha value is -1.60. The molecule has 0 aliphatic heterocycles. The molecule has 1 aromatic rings. The minimum absolute atomic E-state index is 0.142. The van der Waals surface area contributed by atoms with Crippen molar-refractivity contribution in [1.29, 1.82) is 0 Å². The maximum atomic E-state index is 12.2. The van der Waals surface area contributed by atoms with Crippen molar-refractivity contribution >= 4 is 16.0 Å². The summed E-state index contributed by atoms with van der Waals surface area (Å²) in [6.45, 7) is 0.142. The Kier molecular flexibility index (Phi) is 6.62. The predicted molar refractivity (Wildman–Crippen MR) is 91.5 cm³/mol. The molecule has 0 spiro atoms. The Morgan fingerprint density at radius 2 is 1.92 bits per heavy atom. The second-order valence-electron chi connectivity index (χ2n) is 6.13. The van der Waals surface area contributed by atoms with E-state index in [0.717, 1.165) is 25.7 Å². The minimum atomic E-state index is -3.33. The van der Waals surface area contributed by atoms with Crippen LogP contribution in [0.4, 0.5) is 0 Å². The number of esters is 1. The van der Waals surface area contributed by atoms with Gasteiger partial charge in [0.05, 0.1) is 20.0 Å². The molecular formula is C17H25NO5S. The number of benzene rings is 1. The average molecular weight is 355 g/mol. The van der Waals surface area contributed by atoms with Gasteiger partial charge < -0.3 is 9.47 Å². The van der Waals surface area contributed by atoms with Crippen molar-refractivity contribution in [3.63, 3.8) is 0 Å². The summed E-state index contributed by atoms with van der Waals surface area (Å²) >= 11 is 0. The molecule has 2 rings (SSSR count). The number of carbonyl (C=O) groups is 1. The first kappa shape index (κ1) is 18.7. The summed E-state index contributed by atoms with van der Waals surface area (Å²) in [4.78, 5) is 11.8. The number of sulfonamides is 1. The highest BCUT2D eigenvalue weighted by atomic mass is 32.2. The van der Waals surface area contributed by atoms with Gasteiger partial charge in [0.2, 0.25) is 10.0 Å². The van der Waals surface area contributed by atoms with Crippen molar-refractivity contribution in [1.82, 2.24) is 4.72 Å². The quantitative estimate of drug-likeness (QED) is 0.760. The first-order valence-electron chi connectivity index (χ1n) is 8.17. The van der Waals surface area contributed by atoms with E-state index in [1.807, 2.05) is 0 Å². The fourth-order valence-electron chi connectivity index (χ4n) is 3.05. The first-order chi connectivity index (χ1) is 11.4. The van der Waals surface area contributed by atoms with E-state index in [-0.39, 0.29) is 23.8 Å². The average Bonchev–Trinajstić information content (AvgIpc) is 2.59. The molecule has 0 aromatic heterocycles. The Balaban J connectivity index is 2.01. The molecule has 1 fully saturated rings. The van der Waals surface area contributed by atoms with Crippen molar-refractivity contribution in [2.75, 3.05) is 20.0 Å². The summed E-state index contributed by atoms with van der Waals surface area (Å²) in [6, 6.07) is 4.96. The molecule has 1 aliphatic rings. The van der Waals surface area contributed by atoms with Gasteiger partial charge in [0.1, 0.15) is 11.3 Å². The normalized spacial score (nSPS) is 15.9. The van der Waals surface area contributed by atoms with Crippen LogP contribution in [0.5, 0.6) is 5.75 Å². The zero-order valence-electron chi connectivity index (χ0n) is 14.2. The summed E-state index contributed by atoms with van der Waals surface area (Å²) in [5, 5.41) is 0. The van der Waals surface area contributed by atoms with Gasteiger partial charge in [0.25, 0.3) is 0 Å². The third-order valence-corrected chi connectivity index (χ3v) is 5.84. The molecule has 0 amide bonds. The van der Waals surface area contributed by atoms with Crippen LogP contribution < -0.4 is 9.46 Å². The summed E-state index contributed by atoms with van der Waals surface area (Å²) in [5.41, 5.74) is 0.965. The van der Waals surface area contributed by atoms with Crippen LogP contribution in [-0.4, -0.2) is 34.4 Å². The van der Waals surface area contributed by atoms with Crippen LogP contribution in [0.1, 0.15) is 48.0 Å². The molecule has 134 valence electrons. The Labute approximate surface area is 143 Å². The molecule has 0 bridgehead atoms. The van der Waals surface area contributed by atoms with Crippen LogP contribution in [0.15, 0.2) is 18.2 Å². The van der Waals surface area contributed by atoms with E-state index in [9.17, 15) is 13.2 Å². The molecule has 0 heterocycles. The Morgan fingerprint density at radius 3 is 2.54 bits per heavy atom. The minimum Gasteiger partial charge on any atom is -0.496 e. The van der Waals surface area contributed by atoms with E-state index in [0.29, 0.717) is 11.3 Å². The molecule has 1 N–H and O–H groups in total. The molecule has 1 aromatic carbocycles. The lowest BCUT2D eigenvalue weighted by atomic mass is 9.91. The zero-order chi connectivity index (χ0) is 17.6. The molecule has 24 heavy (non-hydrogen) atoms. The summed E-state index contributed by atoms with van der Waals surface area (Å²) in [5.74, 6) is 0.305. The Morgan fingerprint density at radius 1 is 1.21 bits per heavy atom. The molecule has 0 atom stereocenters. The van der Waals surface area contributed by atoms with Gasteiger partial charge in [-0.2, -0.15) is 0 Å². The van der Waals surface area contributed by atoms with E-state index in [1.165, 1.54) is 20.6 Å². The van der Waals surface area contributed by atoms with Crippen LogP contribution in [-0.2, 0) is 21.3 Å². The van der Waals surface area contributed by atoms with Crippen molar-refractivity contribution in [2.24, 2.45) is 5.92 Å². The van der Waals surface area contributed by atoms with Gasteiger partial charge in [-0.05, 0) is 36.5 Å². The molecular weight excluding hydrogens is 330 g/mol. The molecule has 1 aliphatic carbocycles. The van der Waals surface area contributed by atoms with Gasteiger partial charge in [0, 0.05) is 6.54 Å². The summed E-state index contributed by atoms with van der Waals surface area (Å²) in [6.07, 6.45) is 5.39. The number of ether oxygens (including phenoxy) is 2. The lowest BCUT2D eigenvalue weighted by Gasteiger charge is -2.21. The lowest BCUT2D eigenvalue weighted by molar-refractivity contribution is 0.0597. The van der Waals surface area contributed by atoms with E-state index in [1.54, 1.807) is 18.2 Å². The molecule has 6 nitrogen and oxygen atoms in total. The lowest BCUT2D eigenvalue weighted by Crippen LogP contribution is -2.30. The predicted octanol–water partition coefficient (Wildman–Crippen LogP) is 2.48. The maximum absolute atomic E-state index is 12.2. The van der Waals surface area contributed by atoms with Gasteiger partial charge in [-0.3, -0.25) is 0 Å². The third-order valence-electron chi connectivity index (χ3n) is 4.35. The smallest absolute Gasteiger partial charge is 0.341 e. The highest BCUT2D eigenvalue weighted by Gasteiger charge is 2.21. The fraction of sp³-hybridized carbons (Fsp3) is 0.588. The Bertz CT molecular complexity index is 666. The van der Waals surface area contributed by atoms with Gasteiger partial charge in [0.15, 0.2) is 0 Å². The van der Waals surface area contributed by atoms with Crippen LogP contribution in [0.2, 0.25) is 0 Å². The number of hydrogen-bond donors (Lipinski definition) is 1. The first-order valence-corrected chi connectivity index (χ1v) is 9.83. The van der Waals surface area contributed by atoms with Gasteiger partial charge >= 0.3 is 5.97 Å². The topological polar surface area (TPSA) is 81.7 Å². The van der Waals surface area contributed by atoms with Crippen molar-refractivity contribution < 1.29 is 22.7 Å². The van der Waals surface area contributed by atoms with Crippen molar-refractivity contribution in [3.8, 4) is 5.75 Å². The van der Waals surface area contributed by atoms with E-state index >= 15 is 0 Å². The fourth-order valence-corrected chi connectivity index (χ4v) is 4.51. The number of hydrogen-bond acceptors (Lipinski definition) is 5. The SMILES string of the molecule is COC(=O)c1cc(CNS(=O)(=O)CC2CCCCC2)ccc1OC. The standard InChI is InChI=1S/C17H25NO5S/c1-22-16-9-8-14(10-15(16)17(19)23-2)11-18-24(20,21)12-13-6-4-3-5-7-13/h8-10,13,18H,3-7,11-12H2,1-2H3. The summed E-state index contributed by atoms with van der Waals surface area (Å²) in [7, 11) is -0.572. The number of methoxy groups -OCH3 is 2. The highest BCUT2D eigenvalue weighted by Crippen LogP contribution is 2.25. The maximum Gasteiger partial charge on any atom is 0.341 e. The van der Waals surface area contributed by atoms with E-state index in [2.05, 4.69) is 4.72 Å². The zero-order valence-corrected chi connectivity index (χ0v) is 15.0. The van der Waals surface area contributed by atoms with Crippen LogP contribution in [0.3, 0.4) is 0 Å². The summed E-state index contributed by atoms with van der Waals surface area (Å²) < 4.78 is 37.0. The van der Waals surface area contributed by atoms with E-state index < -0.39 is 16.0 Å². The van der Waals surface area contributed by atoms with Crippen LogP contribution in [0.25, 0.3) is 0 Å². The molecule has 1 saturated carbocycles. The monoisotopic (exact) mass is 355 g/mol. The van der Waals surface area contributed by atoms with Crippen molar-refractivity contribution in [3.05, 3.63) is 29.3 Å². The third kappa shape index (κ3) is 5.21.